The van der Waals surface area contributed by atoms with Crippen molar-refractivity contribution in [3.05, 3.63) is 59.0 Å². The molecule has 0 unspecified atom stereocenters. The molecule has 0 saturated heterocycles. The third-order valence-corrected chi connectivity index (χ3v) is 4.27. The van der Waals surface area contributed by atoms with E-state index in [2.05, 4.69) is 10.2 Å². The molecule has 0 fully saturated rings. The number of rotatable bonds is 0. The molecule has 1 aliphatic rings. The van der Waals surface area contributed by atoms with E-state index in [1.807, 2.05) is 48.5 Å². The zero-order chi connectivity index (χ0) is 12.8. The number of hydrogen-bond donors (Lipinski definition) is 1. The number of nitrogens with zero attached hydrogens (tertiary/aromatic N) is 2. The molecule has 92 valence electrons. The molecule has 1 N–H and O–H groups in total. The van der Waals surface area contributed by atoms with E-state index in [9.17, 15) is 4.79 Å². The molecule has 0 aliphatic carbocycles. The molecule has 0 saturated carbocycles. The van der Waals surface area contributed by atoms with E-state index in [0.29, 0.717) is 5.82 Å². The lowest BCUT2D eigenvalue weighted by molar-refractivity contribution is 0.966. The maximum absolute atomic E-state index is 12.0. The molecular formula is C14H9N3OS. The first kappa shape index (κ1) is 10.6. The van der Waals surface area contributed by atoms with Gasteiger partial charge >= 0.3 is 5.69 Å². The van der Waals surface area contributed by atoms with Crippen molar-refractivity contribution in [2.24, 2.45) is 0 Å². The highest BCUT2D eigenvalue weighted by Crippen LogP contribution is 2.41. The van der Waals surface area contributed by atoms with Gasteiger partial charge in [-0.05, 0) is 18.2 Å². The molecule has 1 aliphatic heterocycles. The van der Waals surface area contributed by atoms with Crippen LogP contribution in [0.5, 0.6) is 0 Å². The highest BCUT2D eigenvalue weighted by atomic mass is 32.2. The Kier molecular flexibility index (Phi) is 2.16. The van der Waals surface area contributed by atoms with Crippen LogP contribution in [0.25, 0.3) is 17.1 Å². The van der Waals surface area contributed by atoms with Gasteiger partial charge in [0.05, 0.1) is 5.69 Å². The maximum Gasteiger partial charge on any atom is 0.348 e. The second kappa shape index (κ2) is 3.86. The Hall–Kier alpha value is -2.27. The molecule has 0 radical (unpaired) electrons. The number of aromatic amines is 1. The van der Waals surface area contributed by atoms with E-state index in [-0.39, 0.29) is 5.69 Å². The number of aromatic nitrogens is 3. The molecule has 2 aromatic carbocycles. The van der Waals surface area contributed by atoms with Crippen LogP contribution >= 0.6 is 11.8 Å². The first-order valence-electron chi connectivity index (χ1n) is 5.89. The van der Waals surface area contributed by atoms with E-state index < -0.39 is 0 Å². The topological polar surface area (TPSA) is 50.7 Å². The van der Waals surface area contributed by atoms with Crippen molar-refractivity contribution in [2.75, 3.05) is 0 Å². The van der Waals surface area contributed by atoms with Crippen molar-refractivity contribution >= 4 is 11.8 Å². The number of benzene rings is 2. The molecule has 5 heteroatoms. The van der Waals surface area contributed by atoms with Gasteiger partial charge in [0.25, 0.3) is 0 Å². The monoisotopic (exact) mass is 267 g/mol. The number of H-pyrrole nitrogens is 1. The molecular weight excluding hydrogens is 258 g/mol. The minimum Gasteiger partial charge on any atom is -0.246 e. The highest BCUT2D eigenvalue weighted by molar-refractivity contribution is 7.99. The summed E-state index contributed by atoms with van der Waals surface area (Å²) in [5.41, 5.74) is 1.64. The van der Waals surface area contributed by atoms with Gasteiger partial charge in [0.1, 0.15) is 0 Å². The van der Waals surface area contributed by atoms with Gasteiger partial charge in [0.15, 0.2) is 5.82 Å². The van der Waals surface area contributed by atoms with Gasteiger partial charge in [-0.2, -0.15) is 5.10 Å². The van der Waals surface area contributed by atoms with Crippen molar-refractivity contribution in [3.8, 4) is 17.1 Å². The number of hydrogen-bond acceptors (Lipinski definition) is 3. The molecule has 0 spiro atoms. The predicted molar refractivity (Wildman–Crippen MR) is 73.7 cm³/mol. The van der Waals surface area contributed by atoms with Gasteiger partial charge in [-0.3, -0.25) is 0 Å². The summed E-state index contributed by atoms with van der Waals surface area (Å²) in [7, 11) is 0. The van der Waals surface area contributed by atoms with Gasteiger partial charge in [-0.25, -0.2) is 14.5 Å². The molecule has 2 heterocycles. The number of nitrogens with one attached hydrogen (secondary N) is 1. The van der Waals surface area contributed by atoms with Crippen molar-refractivity contribution in [3.63, 3.8) is 0 Å². The van der Waals surface area contributed by atoms with Gasteiger partial charge in [-0.15, -0.1) is 0 Å². The smallest absolute Gasteiger partial charge is 0.246 e. The van der Waals surface area contributed by atoms with Crippen LogP contribution in [0.1, 0.15) is 0 Å². The van der Waals surface area contributed by atoms with Gasteiger partial charge in [0.2, 0.25) is 0 Å². The maximum atomic E-state index is 12.0. The van der Waals surface area contributed by atoms with Crippen LogP contribution in [0.3, 0.4) is 0 Å². The Morgan fingerprint density at radius 2 is 1.74 bits per heavy atom. The minimum atomic E-state index is -0.209. The average Bonchev–Trinajstić information content (AvgIpc) is 2.75. The summed E-state index contributed by atoms with van der Waals surface area (Å²) >= 11 is 1.66. The quantitative estimate of drug-likeness (QED) is 0.533. The molecule has 0 amide bonds. The zero-order valence-corrected chi connectivity index (χ0v) is 10.6. The van der Waals surface area contributed by atoms with Crippen LogP contribution in [-0.2, 0) is 0 Å². The second-order valence-electron chi connectivity index (χ2n) is 4.25. The lowest BCUT2D eigenvalue weighted by atomic mass is 10.2. The third-order valence-electron chi connectivity index (χ3n) is 3.13. The highest BCUT2D eigenvalue weighted by Gasteiger charge is 2.22. The Morgan fingerprint density at radius 1 is 1.00 bits per heavy atom. The molecule has 0 atom stereocenters. The average molecular weight is 267 g/mol. The van der Waals surface area contributed by atoms with Gasteiger partial charge < -0.3 is 0 Å². The largest absolute Gasteiger partial charge is 0.348 e. The first-order chi connectivity index (χ1) is 9.34. The summed E-state index contributed by atoms with van der Waals surface area (Å²) in [6.07, 6.45) is 0. The van der Waals surface area contributed by atoms with E-state index in [1.165, 1.54) is 0 Å². The lowest BCUT2D eigenvalue weighted by Gasteiger charge is -2.05. The fourth-order valence-corrected chi connectivity index (χ4v) is 3.35. The van der Waals surface area contributed by atoms with Crippen LogP contribution < -0.4 is 5.69 Å². The van der Waals surface area contributed by atoms with Crippen molar-refractivity contribution in [1.29, 1.82) is 0 Å². The van der Waals surface area contributed by atoms with E-state index >= 15 is 0 Å². The van der Waals surface area contributed by atoms with Crippen LogP contribution in [0.2, 0.25) is 0 Å². The minimum absolute atomic E-state index is 0.209. The Morgan fingerprint density at radius 3 is 2.63 bits per heavy atom. The van der Waals surface area contributed by atoms with E-state index in [1.54, 1.807) is 16.3 Å². The zero-order valence-electron chi connectivity index (χ0n) is 9.83. The summed E-state index contributed by atoms with van der Waals surface area (Å²) in [5.74, 6) is 0.665. The van der Waals surface area contributed by atoms with Crippen LogP contribution in [0.15, 0.2) is 63.1 Å². The van der Waals surface area contributed by atoms with Crippen LogP contribution in [-0.4, -0.2) is 14.8 Å². The third kappa shape index (κ3) is 1.48. The molecule has 1 aromatic heterocycles. The first-order valence-corrected chi connectivity index (χ1v) is 6.70. The SMILES string of the molecule is O=c1[nH]nc2n1-c1ccccc1Sc1ccccc1-2. The van der Waals surface area contributed by atoms with Crippen LogP contribution in [0, 0.1) is 0 Å². The number of para-hydroxylation sites is 1. The molecule has 0 bridgehead atoms. The Labute approximate surface area is 113 Å². The van der Waals surface area contributed by atoms with Gasteiger partial charge in [0, 0.05) is 15.4 Å². The van der Waals surface area contributed by atoms with E-state index in [0.717, 1.165) is 21.0 Å². The molecule has 4 nitrogen and oxygen atoms in total. The van der Waals surface area contributed by atoms with Crippen LogP contribution in [0.4, 0.5) is 0 Å². The molecule has 19 heavy (non-hydrogen) atoms. The standard InChI is InChI=1S/C14H9N3OS/c18-14-16-15-13-9-5-1-3-7-11(9)19-12-8-4-2-6-10(12)17(13)14/h1-8H,(H,16,18). The summed E-state index contributed by atoms with van der Waals surface area (Å²) < 4.78 is 1.63. The van der Waals surface area contributed by atoms with E-state index in [4.69, 9.17) is 0 Å². The Balaban J connectivity index is 2.17. The fraction of sp³-hybridized carbons (Fsp3) is 0. The van der Waals surface area contributed by atoms with Crippen molar-refractivity contribution in [1.82, 2.24) is 14.8 Å². The lowest BCUT2D eigenvalue weighted by Crippen LogP contribution is -2.15. The van der Waals surface area contributed by atoms with Gasteiger partial charge in [-0.1, -0.05) is 42.1 Å². The number of fused-ring (bicyclic) bond motifs is 5. The summed E-state index contributed by atoms with van der Waals surface area (Å²) in [6.45, 7) is 0. The fourth-order valence-electron chi connectivity index (χ4n) is 2.29. The summed E-state index contributed by atoms with van der Waals surface area (Å²) in [5, 5.41) is 6.71. The summed E-state index contributed by atoms with van der Waals surface area (Å²) in [4.78, 5) is 14.2. The normalized spacial score (nSPS) is 12.2. The Bertz CT molecular complexity index is 834. The molecule has 3 aromatic rings. The predicted octanol–water partition coefficient (Wildman–Crippen LogP) is 2.69. The van der Waals surface area contributed by atoms with Crippen molar-refractivity contribution in [2.45, 2.75) is 9.79 Å². The summed E-state index contributed by atoms with van der Waals surface area (Å²) in [6, 6.07) is 15.8. The molecule has 4 rings (SSSR count). The second-order valence-corrected chi connectivity index (χ2v) is 5.34. The van der Waals surface area contributed by atoms with Crippen molar-refractivity contribution < 1.29 is 0 Å².